The summed E-state index contributed by atoms with van der Waals surface area (Å²) >= 11 is 5.66. The van der Waals surface area contributed by atoms with Crippen LogP contribution < -0.4 is 11.2 Å². The third-order valence-corrected chi connectivity index (χ3v) is 2.34. The number of halogens is 1. The molecule has 2 N–H and O–H groups in total. The summed E-state index contributed by atoms with van der Waals surface area (Å²) in [5.74, 6) is 0. The molecule has 2 aromatic heterocycles. The molecule has 2 rings (SSSR count). The molecular weight excluding hydrogens is 232 g/mol. The molecular formula is C9H9ClN4O2. The van der Waals surface area contributed by atoms with Crippen molar-refractivity contribution in [3.8, 4) is 0 Å². The van der Waals surface area contributed by atoms with Crippen LogP contribution in [0.1, 0.15) is 6.42 Å². The van der Waals surface area contributed by atoms with Crippen molar-refractivity contribution < 1.29 is 0 Å². The molecule has 0 unspecified atom stereocenters. The zero-order chi connectivity index (χ0) is 11.7. The van der Waals surface area contributed by atoms with E-state index in [4.69, 9.17) is 11.6 Å². The van der Waals surface area contributed by atoms with Crippen LogP contribution in [0.2, 0.25) is 5.28 Å². The van der Waals surface area contributed by atoms with Gasteiger partial charge in [-0.05, 0) is 18.0 Å². The van der Waals surface area contributed by atoms with Crippen molar-refractivity contribution in [1.29, 1.82) is 0 Å². The van der Waals surface area contributed by atoms with E-state index in [1.807, 2.05) is 0 Å². The molecule has 0 atom stereocenters. The summed E-state index contributed by atoms with van der Waals surface area (Å²) in [4.78, 5) is 31.7. The van der Waals surface area contributed by atoms with Crippen LogP contribution in [0.5, 0.6) is 0 Å². The summed E-state index contributed by atoms with van der Waals surface area (Å²) in [6.45, 7) is 3.97. The standard InChI is InChI=1S/C9H9ClN4O2/c1-2-3-4-14-6-5(11-8(10)12-6)7(15)13-9(14)16/h2H,1,3-4H2,(H,11,12)(H,13,15,16). The summed E-state index contributed by atoms with van der Waals surface area (Å²) in [6, 6.07) is 0. The van der Waals surface area contributed by atoms with Crippen LogP contribution in [0.4, 0.5) is 0 Å². The molecule has 0 amide bonds. The van der Waals surface area contributed by atoms with Crippen LogP contribution in [0.3, 0.4) is 0 Å². The minimum atomic E-state index is -0.519. The number of rotatable bonds is 3. The fourth-order valence-corrected chi connectivity index (χ4v) is 1.62. The van der Waals surface area contributed by atoms with Gasteiger partial charge in [-0.3, -0.25) is 14.3 Å². The maximum atomic E-state index is 11.5. The van der Waals surface area contributed by atoms with E-state index in [-0.39, 0.29) is 16.4 Å². The van der Waals surface area contributed by atoms with Crippen molar-refractivity contribution in [2.45, 2.75) is 13.0 Å². The van der Waals surface area contributed by atoms with Crippen molar-refractivity contribution in [2.24, 2.45) is 0 Å². The normalized spacial score (nSPS) is 10.8. The Bertz CT molecular complexity index is 652. The quantitative estimate of drug-likeness (QED) is 0.610. The Morgan fingerprint density at radius 2 is 2.19 bits per heavy atom. The Morgan fingerprint density at radius 3 is 2.88 bits per heavy atom. The van der Waals surface area contributed by atoms with E-state index in [0.29, 0.717) is 13.0 Å². The second-order valence-electron chi connectivity index (χ2n) is 3.21. The molecule has 0 aliphatic rings. The van der Waals surface area contributed by atoms with Crippen LogP contribution >= 0.6 is 11.6 Å². The number of aromatic nitrogens is 4. The summed E-state index contributed by atoms with van der Waals surface area (Å²) < 4.78 is 1.35. The number of fused-ring (bicyclic) bond motifs is 1. The van der Waals surface area contributed by atoms with E-state index >= 15 is 0 Å². The van der Waals surface area contributed by atoms with Gasteiger partial charge in [0, 0.05) is 6.54 Å². The van der Waals surface area contributed by atoms with E-state index < -0.39 is 11.2 Å². The van der Waals surface area contributed by atoms with Crippen LogP contribution in [0, 0.1) is 0 Å². The van der Waals surface area contributed by atoms with Gasteiger partial charge in [-0.15, -0.1) is 6.58 Å². The van der Waals surface area contributed by atoms with Crippen LogP contribution in [-0.2, 0) is 6.54 Å². The van der Waals surface area contributed by atoms with Crippen molar-refractivity contribution in [2.75, 3.05) is 0 Å². The molecule has 16 heavy (non-hydrogen) atoms. The first-order chi connectivity index (χ1) is 7.63. The van der Waals surface area contributed by atoms with Crippen LogP contribution in [0.15, 0.2) is 22.2 Å². The zero-order valence-corrected chi connectivity index (χ0v) is 9.04. The summed E-state index contributed by atoms with van der Waals surface area (Å²) in [6.07, 6.45) is 2.28. The Morgan fingerprint density at radius 1 is 1.44 bits per heavy atom. The molecule has 0 bridgehead atoms. The van der Waals surface area contributed by atoms with Crippen molar-refractivity contribution >= 4 is 22.8 Å². The molecule has 0 aliphatic heterocycles. The number of aromatic amines is 2. The van der Waals surface area contributed by atoms with Gasteiger partial charge in [0.15, 0.2) is 11.2 Å². The third-order valence-electron chi connectivity index (χ3n) is 2.16. The molecule has 6 nitrogen and oxygen atoms in total. The molecule has 2 aromatic rings. The number of H-pyrrole nitrogens is 2. The minimum absolute atomic E-state index is 0.0819. The molecule has 2 heterocycles. The fourth-order valence-electron chi connectivity index (χ4n) is 1.44. The predicted octanol–water partition coefficient (Wildman–Crippen LogP) is 0.642. The maximum Gasteiger partial charge on any atom is 0.330 e. The largest absolute Gasteiger partial charge is 0.330 e. The second kappa shape index (κ2) is 3.97. The number of imidazole rings is 1. The first kappa shape index (κ1) is 10.7. The lowest BCUT2D eigenvalue weighted by molar-refractivity contribution is 0.678. The average molecular weight is 241 g/mol. The van der Waals surface area contributed by atoms with Gasteiger partial charge in [0.05, 0.1) is 0 Å². The fraction of sp³-hybridized carbons (Fsp3) is 0.222. The maximum absolute atomic E-state index is 11.5. The molecule has 0 fully saturated rings. The highest BCUT2D eigenvalue weighted by atomic mass is 35.5. The molecule has 0 aromatic carbocycles. The number of hydrogen-bond acceptors (Lipinski definition) is 3. The summed E-state index contributed by atoms with van der Waals surface area (Å²) in [5.41, 5.74) is -0.550. The van der Waals surface area contributed by atoms with E-state index in [1.165, 1.54) is 4.57 Å². The Kier molecular flexibility index (Phi) is 2.66. The summed E-state index contributed by atoms with van der Waals surface area (Å²) in [7, 11) is 0. The highest BCUT2D eigenvalue weighted by Crippen LogP contribution is 2.08. The Labute approximate surface area is 94.6 Å². The molecule has 7 heteroatoms. The first-order valence-corrected chi connectivity index (χ1v) is 5.00. The van der Waals surface area contributed by atoms with E-state index in [2.05, 4.69) is 21.5 Å². The molecule has 84 valence electrons. The number of hydrogen-bond donors (Lipinski definition) is 2. The molecule has 0 saturated carbocycles. The highest BCUT2D eigenvalue weighted by Gasteiger charge is 2.11. The van der Waals surface area contributed by atoms with Crippen LogP contribution in [-0.4, -0.2) is 19.5 Å². The van der Waals surface area contributed by atoms with E-state index in [1.54, 1.807) is 6.08 Å². The first-order valence-electron chi connectivity index (χ1n) is 4.62. The molecule has 0 aliphatic carbocycles. The van der Waals surface area contributed by atoms with Gasteiger partial charge in [0.25, 0.3) is 5.56 Å². The molecule has 0 spiro atoms. The van der Waals surface area contributed by atoms with Gasteiger partial charge in [-0.1, -0.05) is 6.08 Å². The highest BCUT2D eigenvalue weighted by molar-refractivity contribution is 6.28. The van der Waals surface area contributed by atoms with Gasteiger partial charge in [-0.2, -0.15) is 4.98 Å². The Balaban J connectivity index is 2.75. The summed E-state index contributed by atoms with van der Waals surface area (Å²) in [5, 5.41) is 0.0819. The van der Waals surface area contributed by atoms with Crippen molar-refractivity contribution in [3.63, 3.8) is 0 Å². The molecule has 0 radical (unpaired) electrons. The van der Waals surface area contributed by atoms with Crippen molar-refractivity contribution in [1.82, 2.24) is 19.5 Å². The Hall–Kier alpha value is -1.82. The number of allylic oxidation sites excluding steroid dienone is 1. The minimum Gasteiger partial charge on any atom is -0.323 e. The third kappa shape index (κ3) is 1.67. The van der Waals surface area contributed by atoms with Crippen molar-refractivity contribution in [3.05, 3.63) is 38.8 Å². The second-order valence-corrected chi connectivity index (χ2v) is 3.57. The van der Waals surface area contributed by atoms with E-state index in [0.717, 1.165) is 0 Å². The SMILES string of the molecule is C=CCCn1c(=O)[nH]c(=O)c2[nH]c(Cl)nc21. The van der Waals surface area contributed by atoms with Gasteiger partial charge >= 0.3 is 5.69 Å². The number of aryl methyl sites for hydroxylation is 1. The topological polar surface area (TPSA) is 83.5 Å². The lowest BCUT2D eigenvalue weighted by Crippen LogP contribution is -2.30. The average Bonchev–Trinajstić information content (AvgIpc) is 2.60. The number of nitrogens with one attached hydrogen (secondary N) is 2. The number of nitrogens with zero attached hydrogens (tertiary/aromatic N) is 2. The van der Waals surface area contributed by atoms with Gasteiger partial charge in [0.2, 0.25) is 5.28 Å². The van der Waals surface area contributed by atoms with Gasteiger partial charge < -0.3 is 4.98 Å². The molecule has 0 saturated heterocycles. The van der Waals surface area contributed by atoms with Gasteiger partial charge in [0.1, 0.15) is 0 Å². The lowest BCUT2D eigenvalue weighted by atomic mass is 10.4. The lowest BCUT2D eigenvalue weighted by Gasteiger charge is -2.02. The zero-order valence-electron chi connectivity index (χ0n) is 8.29. The van der Waals surface area contributed by atoms with Gasteiger partial charge in [-0.25, -0.2) is 4.79 Å². The predicted molar refractivity (Wildman–Crippen MR) is 60.8 cm³/mol. The van der Waals surface area contributed by atoms with E-state index in [9.17, 15) is 9.59 Å². The monoisotopic (exact) mass is 240 g/mol. The van der Waals surface area contributed by atoms with Crippen LogP contribution in [0.25, 0.3) is 11.2 Å². The smallest absolute Gasteiger partial charge is 0.323 e.